The highest BCUT2D eigenvalue weighted by Crippen LogP contribution is 2.22. The van der Waals surface area contributed by atoms with Gasteiger partial charge < -0.3 is 10.5 Å². The van der Waals surface area contributed by atoms with Gasteiger partial charge in [-0.2, -0.15) is 0 Å². The zero-order chi connectivity index (χ0) is 13.2. The second kappa shape index (κ2) is 5.47. The molecule has 0 aromatic heterocycles. The summed E-state index contributed by atoms with van der Waals surface area (Å²) >= 11 is 3.11. The zero-order valence-corrected chi connectivity index (χ0v) is 11.5. The van der Waals surface area contributed by atoms with Crippen LogP contribution in [0.4, 0.5) is 4.39 Å². The van der Waals surface area contributed by atoms with Crippen molar-refractivity contribution in [1.29, 1.82) is 0 Å². The Labute approximate surface area is 114 Å². The normalized spacial score (nSPS) is 18.6. The number of hydrogen-bond acceptors (Lipinski definition) is 3. The number of ketones is 1. The van der Waals surface area contributed by atoms with Crippen LogP contribution in [0.5, 0.6) is 0 Å². The van der Waals surface area contributed by atoms with E-state index < -0.39 is 5.54 Å². The molecule has 1 aromatic carbocycles. The van der Waals surface area contributed by atoms with E-state index in [-0.39, 0.29) is 18.0 Å². The van der Waals surface area contributed by atoms with Crippen LogP contribution in [0.2, 0.25) is 0 Å². The molecular weight excluding hydrogens is 301 g/mol. The number of carbonyl (C=O) groups excluding carboxylic acids is 1. The molecule has 1 heterocycles. The van der Waals surface area contributed by atoms with Gasteiger partial charge in [0.15, 0.2) is 5.78 Å². The van der Waals surface area contributed by atoms with Gasteiger partial charge in [0, 0.05) is 19.6 Å². The van der Waals surface area contributed by atoms with Crippen LogP contribution in [-0.4, -0.2) is 24.5 Å². The summed E-state index contributed by atoms with van der Waals surface area (Å²) < 4.78 is 18.7. The Morgan fingerprint density at radius 3 is 2.72 bits per heavy atom. The van der Waals surface area contributed by atoms with Gasteiger partial charge in [0.2, 0.25) is 0 Å². The van der Waals surface area contributed by atoms with Crippen LogP contribution in [0.25, 0.3) is 0 Å². The zero-order valence-electron chi connectivity index (χ0n) is 9.92. The second-order valence-electron chi connectivity index (χ2n) is 4.62. The van der Waals surface area contributed by atoms with Crippen molar-refractivity contribution in [2.24, 2.45) is 5.73 Å². The summed E-state index contributed by atoms with van der Waals surface area (Å²) in [4.78, 5) is 12.2. The number of nitrogens with two attached hydrogens (primary N) is 1. The Bertz CT molecular complexity index is 458. The molecule has 0 atom stereocenters. The highest BCUT2D eigenvalue weighted by atomic mass is 79.9. The standard InChI is InChI=1S/C13H15BrFNO2/c14-10-7-9(1-2-11(10)15)8-12(17)13(16)3-5-18-6-4-13/h1-2,7H,3-6,8,16H2. The lowest BCUT2D eigenvalue weighted by Gasteiger charge is -2.31. The van der Waals surface area contributed by atoms with Crippen molar-refractivity contribution < 1.29 is 13.9 Å². The Balaban J connectivity index is 2.08. The fourth-order valence-corrected chi connectivity index (χ4v) is 2.45. The van der Waals surface area contributed by atoms with Crippen LogP contribution in [0.1, 0.15) is 18.4 Å². The third-order valence-corrected chi connectivity index (χ3v) is 3.90. The third-order valence-electron chi connectivity index (χ3n) is 3.29. The summed E-state index contributed by atoms with van der Waals surface area (Å²) in [5.74, 6) is -0.343. The maximum Gasteiger partial charge on any atom is 0.157 e. The molecule has 0 spiro atoms. The predicted molar refractivity (Wildman–Crippen MR) is 69.8 cm³/mol. The van der Waals surface area contributed by atoms with E-state index >= 15 is 0 Å². The molecular formula is C13H15BrFNO2. The van der Waals surface area contributed by atoms with Gasteiger partial charge in [-0.1, -0.05) is 6.07 Å². The first-order chi connectivity index (χ1) is 8.51. The first-order valence-electron chi connectivity index (χ1n) is 5.85. The molecule has 1 aliphatic rings. The van der Waals surface area contributed by atoms with Crippen LogP contribution in [0.15, 0.2) is 22.7 Å². The maximum atomic E-state index is 13.1. The second-order valence-corrected chi connectivity index (χ2v) is 5.47. The van der Waals surface area contributed by atoms with Gasteiger partial charge in [0.25, 0.3) is 0 Å². The minimum atomic E-state index is -0.793. The minimum Gasteiger partial charge on any atom is -0.381 e. The molecule has 0 saturated carbocycles. The van der Waals surface area contributed by atoms with Crippen molar-refractivity contribution in [3.05, 3.63) is 34.1 Å². The summed E-state index contributed by atoms with van der Waals surface area (Å²) in [6.45, 7) is 1.05. The quantitative estimate of drug-likeness (QED) is 0.930. The smallest absolute Gasteiger partial charge is 0.157 e. The van der Waals surface area contributed by atoms with Gasteiger partial charge in [-0.3, -0.25) is 4.79 Å². The number of hydrogen-bond donors (Lipinski definition) is 1. The van der Waals surface area contributed by atoms with Crippen LogP contribution in [0, 0.1) is 5.82 Å². The highest BCUT2D eigenvalue weighted by molar-refractivity contribution is 9.10. The van der Waals surface area contributed by atoms with E-state index in [2.05, 4.69) is 15.9 Å². The van der Waals surface area contributed by atoms with Crippen molar-refractivity contribution in [2.45, 2.75) is 24.8 Å². The van der Waals surface area contributed by atoms with Crippen LogP contribution in [0.3, 0.4) is 0 Å². The van der Waals surface area contributed by atoms with Crippen molar-refractivity contribution in [3.8, 4) is 0 Å². The molecule has 0 amide bonds. The average molecular weight is 316 g/mol. The van der Waals surface area contributed by atoms with Gasteiger partial charge in [0.05, 0.1) is 10.0 Å². The van der Waals surface area contributed by atoms with Gasteiger partial charge in [-0.15, -0.1) is 0 Å². The first kappa shape index (κ1) is 13.6. The molecule has 0 unspecified atom stereocenters. The number of Topliss-reactive ketones (excluding diaryl/α,β-unsaturated/α-hetero) is 1. The topological polar surface area (TPSA) is 52.3 Å². The molecule has 98 valence electrons. The van der Waals surface area contributed by atoms with Gasteiger partial charge in [-0.05, 0) is 46.5 Å². The number of carbonyl (C=O) groups is 1. The van der Waals surface area contributed by atoms with Gasteiger partial charge in [-0.25, -0.2) is 4.39 Å². The predicted octanol–water partition coefficient (Wildman–Crippen LogP) is 2.21. The summed E-state index contributed by atoms with van der Waals surface area (Å²) in [5.41, 5.74) is 6.08. The molecule has 0 bridgehead atoms. The molecule has 0 aliphatic carbocycles. The Hall–Kier alpha value is -0.780. The molecule has 1 aliphatic heterocycles. The first-order valence-corrected chi connectivity index (χ1v) is 6.64. The van der Waals surface area contributed by atoms with E-state index in [1.807, 2.05) is 0 Å². The minimum absolute atomic E-state index is 0.00990. The molecule has 2 N–H and O–H groups in total. The van der Waals surface area contributed by atoms with Crippen molar-refractivity contribution in [3.63, 3.8) is 0 Å². The lowest BCUT2D eigenvalue weighted by Crippen LogP contribution is -2.52. The summed E-state index contributed by atoms with van der Waals surface area (Å²) in [5, 5.41) is 0. The van der Waals surface area contributed by atoms with Crippen molar-refractivity contribution in [1.82, 2.24) is 0 Å². The Kier molecular flexibility index (Phi) is 4.14. The van der Waals surface area contributed by atoms with E-state index in [0.717, 1.165) is 5.56 Å². The SMILES string of the molecule is NC1(C(=O)Cc2ccc(F)c(Br)c2)CCOCC1. The van der Waals surface area contributed by atoms with Crippen LogP contribution >= 0.6 is 15.9 Å². The number of ether oxygens (including phenoxy) is 1. The molecule has 3 nitrogen and oxygen atoms in total. The number of halogens is 2. The average Bonchev–Trinajstić information content (AvgIpc) is 2.35. The molecule has 0 radical (unpaired) electrons. The Morgan fingerprint density at radius 2 is 2.11 bits per heavy atom. The molecule has 18 heavy (non-hydrogen) atoms. The molecule has 1 aromatic rings. The monoisotopic (exact) mass is 315 g/mol. The largest absolute Gasteiger partial charge is 0.381 e. The maximum absolute atomic E-state index is 13.1. The number of benzene rings is 1. The number of rotatable bonds is 3. The summed E-state index contributed by atoms with van der Waals surface area (Å²) in [6.07, 6.45) is 1.33. The summed E-state index contributed by atoms with van der Waals surface area (Å²) in [7, 11) is 0. The molecule has 1 fully saturated rings. The third kappa shape index (κ3) is 2.96. The molecule has 2 rings (SSSR count). The van der Waals surface area contributed by atoms with Crippen molar-refractivity contribution in [2.75, 3.05) is 13.2 Å². The van der Waals surface area contributed by atoms with E-state index in [4.69, 9.17) is 10.5 Å². The Morgan fingerprint density at radius 1 is 1.44 bits per heavy atom. The fourth-order valence-electron chi connectivity index (χ4n) is 2.03. The molecule has 5 heteroatoms. The lowest BCUT2D eigenvalue weighted by atomic mass is 9.84. The van der Waals surface area contributed by atoms with Crippen LogP contribution < -0.4 is 5.73 Å². The lowest BCUT2D eigenvalue weighted by molar-refractivity contribution is -0.126. The van der Waals surface area contributed by atoms with Gasteiger partial charge in [0.1, 0.15) is 5.82 Å². The fraction of sp³-hybridized carbons (Fsp3) is 0.462. The van der Waals surface area contributed by atoms with E-state index in [0.29, 0.717) is 30.5 Å². The highest BCUT2D eigenvalue weighted by Gasteiger charge is 2.35. The van der Waals surface area contributed by atoms with Crippen LogP contribution in [-0.2, 0) is 16.0 Å². The van der Waals surface area contributed by atoms with Crippen molar-refractivity contribution >= 4 is 21.7 Å². The van der Waals surface area contributed by atoms with E-state index in [1.165, 1.54) is 6.07 Å². The van der Waals surface area contributed by atoms with E-state index in [9.17, 15) is 9.18 Å². The van der Waals surface area contributed by atoms with E-state index in [1.54, 1.807) is 12.1 Å². The van der Waals surface area contributed by atoms with Gasteiger partial charge >= 0.3 is 0 Å². The molecule has 1 saturated heterocycles. The summed E-state index contributed by atoms with van der Waals surface area (Å²) in [6, 6.07) is 4.58.